The van der Waals surface area contributed by atoms with Crippen molar-refractivity contribution in [3.8, 4) is 0 Å². The molecule has 0 bridgehead atoms. The van der Waals surface area contributed by atoms with Crippen molar-refractivity contribution >= 4 is 29.0 Å². The van der Waals surface area contributed by atoms with Crippen LogP contribution >= 0.6 is 11.6 Å². The zero-order chi connectivity index (χ0) is 21.8. The third-order valence-electron chi connectivity index (χ3n) is 6.41. The van der Waals surface area contributed by atoms with E-state index in [0.717, 1.165) is 5.56 Å². The number of rotatable bonds is 3. The van der Waals surface area contributed by atoms with Gasteiger partial charge in [-0.3, -0.25) is 19.5 Å². The van der Waals surface area contributed by atoms with Crippen molar-refractivity contribution in [2.24, 2.45) is 5.92 Å². The fourth-order valence-corrected chi connectivity index (χ4v) is 5.26. The van der Waals surface area contributed by atoms with E-state index in [4.69, 9.17) is 11.6 Å². The number of likely N-dealkylation sites (tertiary alicyclic amines) is 1. The first-order valence-corrected chi connectivity index (χ1v) is 10.3. The molecule has 2 aromatic carbocycles. The Morgan fingerprint density at radius 2 is 1.97 bits per heavy atom. The summed E-state index contributed by atoms with van der Waals surface area (Å²) >= 11 is 6.30. The maximum Gasteiger partial charge on any atom is 0.250 e. The van der Waals surface area contributed by atoms with Crippen LogP contribution in [0.15, 0.2) is 66.9 Å². The molecule has 1 aromatic heterocycles. The fraction of sp³-hybridized carbons (Fsp3) is 0.208. The maximum absolute atomic E-state index is 13.9. The van der Waals surface area contributed by atoms with Crippen LogP contribution in [0.5, 0.6) is 0 Å². The molecule has 5 nitrogen and oxygen atoms in total. The Kier molecular flexibility index (Phi) is 4.64. The van der Waals surface area contributed by atoms with Crippen molar-refractivity contribution in [3.63, 3.8) is 0 Å². The van der Waals surface area contributed by atoms with Crippen LogP contribution in [0.3, 0.4) is 0 Å². The van der Waals surface area contributed by atoms with Gasteiger partial charge in [-0.05, 0) is 55.1 Å². The number of aromatic nitrogens is 1. The molecule has 0 unspecified atom stereocenters. The maximum atomic E-state index is 13.9. The number of anilines is 1. The lowest BCUT2D eigenvalue weighted by Gasteiger charge is -2.35. The van der Waals surface area contributed by atoms with Crippen LogP contribution in [-0.2, 0) is 10.3 Å². The number of carbonyl (C=O) groups is 2. The molecule has 31 heavy (non-hydrogen) atoms. The topological polar surface area (TPSA) is 62.3 Å². The third-order valence-corrected chi connectivity index (χ3v) is 6.64. The summed E-state index contributed by atoms with van der Waals surface area (Å²) in [5, 5.41) is 3.42. The van der Waals surface area contributed by atoms with Crippen LogP contribution in [0.1, 0.15) is 27.5 Å². The highest BCUT2D eigenvalue weighted by Crippen LogP contribution is 2.55. The molecule has 1 saturated heterocycles. The molecule has 3 atom stereocenters. The van der Waals surface area contributed by atoms with Gasteiger partial charge >= 0.3 is 0 Å². The molecule has 2 aliphatic heterocycles. The molecule has 3 heterocycles. The molecular weight excluding hydrogens is 417 g/mol. The normalized spacial score (nSPS) is 24.9. The monoisotopic (exact) mass is 435 g/mol. The van der Waals surface area contributed by atoms with Gasteiger partial charge in [0.15, 0.2) is 5.78 Å². The standard InChI is InChI=1S/C24H19ClFN3O2/c1-29-13-17(14-5-8-16(26)9-6-14)21(22(30)20-4-2-3-11-27-20)24(29)18-12-15(25)7-10-19(18)28-23(24)31/h2-12,17,21H,13H2,1H3,(H,28,31)/t17-,21-,24-/m1/s1. The van der Waals surface area contributed by atoms with E-state index >= 15 is 0 Å². The molecule has 0 saturated carbocycles. The van der Waals surface area contributed by atoms with E-state index in [9.17, 15) is 14.0 Å². The summed E-state index contributed by atoms with van der Waals surface area (Å²) in [6.07, 6.45) is 1.56. The SMILES string of the molecule is CN1C[C@H](c2ccc(F)cc2)[C@H](C(=O)c2ccccn2)[C@]12C(=O)Nc1ccc(Cl)cc12. The zero-order valence-corrected chi connectivity index (χ0v) is 17.4. The highest BCUT2D eigenvalue weighted by atomic mass is 35.5. The second-order valence-electron chi connectivity index (χ2n) is 8.01. The quantitative estimate of drug-likeness (QED) is 0.625. The third kappa shape index (κ3) is 2.90. The average Bonchev–Trinajstić information content (AvgIpc) is 3.24. The highest BCUT2D eigenvalue weighted by Gasteiger charge is 2.64. The summed E-state index contributed by atoms with van der Waals surface area (Å²) in [4.78, 5) is 33.6. The number of amides is 1. The molecule has 0 radical (unpaired) electrons. The smallest absolute Gasteiger partial charge is 0.250 e. The number of likely N-dealkylation sites (N-methyl/N-ethyl adjacent to an activating group) is 1. The minimum absolute atomic E-state index is 0.234. The van der Waals surface area contributed by atoms with Gasteiger partial charge in [-0.2, -0.15) is 0 Å². The second-order valence-corrected chi connectivity index (χ2v) is 8.44. The first kappa shape index (κ1) is 19.8. The molecule has 5 rings (SSSR count). The lowest BCUT2D eigenvalue weighted by atomic mass is 9.71. The minimum Gasteiger partial charge on any atom is -0.324 e. The van der Waals surface area contributed by atoms with Gasteiger partial charge < -0.3 is 5.32 Å². The number of benzene rings is 2. The molecule has 2 aliphatic rings. The molecule has 7 heteroatoms. The minimum atomic E-state index is -1.24. The van der Waals surface area contributed by atoms with Crippen molar-refractivity contribution in [1.29, 1.82) is 0 Å². The molecular formula is C24H19ClFN3O2. The van der Waals surface area contributed by atoms with E-state index in [1.54, 1.807) is 54.7 Å². The molecule has 1 spiro atoms. The number of ketones is 1. The second kappa shape index (κ2) is 7.25. The van der Waals surface area contributed by atoms with E-state index in [1.165, 1.54) is 12.1 Å². The number of fused-ring (bicyclic) bond motifs is 2. The number of carbonyl (C=O) groups excluding carboxylic acids is 2. The van der Waals surface area contributed by atoms with Gasteiger partial charge in [0.1, 0.15) is 17.1 Å². The Morgan fingerprint density at radius 3 is 2.68 bits per heavy atom. The highest BCUT2D eigenvalue weighted by molar-refractivity contribution is 6.31. The van der Waals surface area contributed by atoms with Crippen LogP contribution < -0.4 is 5.32 Å². The summed E-state index contributed by atoms with van der Waals surface area (Å²) in [6.45, 7) is 0.439. The average molecular weight is 436 g/mol. The number of hydrogen-bond donors (Lipinski definition) is 1. The predicted molar refractivity (Wildman–Crippen MR) is 116 cm³/mol. The van der Waals surface area contributed by atoms with E-state index in [0.29, 0.717) is 22.8 Å². The van der Waals surface area contributed by atoms with Crippen molar-refractivity contribution in [2.75, 3.05) is 18.9 Å². The van der Waals surface area contributed by atoms with Crippen molar-refractivity contribution < 1.29 is 14.0 Å². The number of pyridine rings is 1. The van der Waals surface area contributed by atoms with E-state index in [1.807, 2.05) is 11.9 Å². The van der Waals surface area contributed by atoms with Crippen LogP contribution in [0, 0.1) is 11.7 Å². The summed E-state index contributed by atoms with van der Waals surface area (Å²) in [5.74, 6) is -1.96. The van der Waals surface area contributed by atoms with Crippen LogP contribution in [-0.4, -0.2) is 35.2 Å². The van der Waals surface area contributed by atoms with Gasteiger partial charge in [-0.25, -0.2) is 4.39 Å². The van der Waals surface area contributed by atoms with Crippen LogP contribution in [0.4, 0.5) is 10.1 Å². The molecule has 3 aromatic rings. The Hall–Kier alpha value is -3.09. The number of nitrogens with zero attached hydrogens (tertiary/aromatic N) is 2. The van der Waals surface area contributed by atoms with Gasteiger partial charge in [-0.1, -0.05) is 29.8 Å². The van der Waals surface area contributed by atoms with E-state index in [2.05, 4.69) is 10.3 Å². The molecule has 1 N–H and O–H groups in total. The van der Waals surface area contributed by atoms with Crippen molar-refractivity contribution in [1.82, 2.24) is 9.88 Å². The van der Waals surface area contributed by atoms with Crippen LogP contribution in [0.25, 0.3) is 0 Å². The summed E-state index contributed by atoms with van der Waals surface area (Å²) < 4.78 is 13.6. The molecule has 0 aliphatic carbocycles. The number of hydrogen-bond acceptors (Lipinski definition) is 4. The van der Waals surface area contributed by atoms with Gasteiger partial charge in [0.2, 0.25) is 5.91 Å². The van der Waals surface area contributed by atoms with Gasteiger partial charge in [-0.15, -0.1) is 0 Å². The largest absolute Gasteiger partial charge is 0.324 e. The van der Waals surface area contributed by atoms with Gasteiger partial charge in [0, 0.05) is 34.9 Å². The Bertz CT molecular complexity index is 1190. The molecule has 1 amide bonds. The Labute approximate surface area is 183 Å². The number of nitrogens with one attached hydrogen (secondary N) is 1. The lowest BCUT2D eigenvalue weighted by molar-refractivity contribution is -0.126. The fourth-order valence-electron chi connectivity index (χ4n) is 5.09. The van der Waals surface area contributed by atoms with Gasteiger partial charge in [0.05, 0.1) is 5.92 Å². The predicted octanol–water partition coefficient (Wildman–Crippen LogP) is 4.25. The molecule has 1 fully saturated rings. The van der Waals surface area contributed by atoms with E-state index in [-0.39, 0.29) is 29.1 Å². The van der Waals surface area contributed by atoms with E-state index < -0.39 is 11.5 Å². The summed E-state index contributed by atoms with van der Waals surface area (Å²) in [5.41, 5.74) is 1.15. The summed E-state index contributed by atoms with van der Waals surface area (Å²) in [6, 6.07) is 16.5. The van der Waals surface area contributed by atoms with Crippen LogP contribution in [0.2, 0.25) is 5.02 Å². The van der Waals surface area contributed by atoms with Gasteiger partial charge in [0.25, 0.3) is 0 Å². The van der Waals surface area contributed by atoms with Crippen molar-refractivity contribution in [3.05, 3.63) is 94.5 Å². The first-order chi connectivity index (χ1) is 14.9. The number of halogens is 2. The first-order valence-electron chi connectivity index (χ1n) is 9.96. The number of Topliss-reactive ketones (excluding diaryl/α,β-unsaturated/α-hetero) is 1. The molecule has 156 valence electrons. The van der Waals surface area contributed by atoms with Crippen molar-refractivity contribution in [2.45, 2.75) is 11.5 Å². The Balaban J connectivity index is 1.74. The summed E-state index contributed by atoms with van der Waals surface area (Å²) in [7, 11) is 1.83. The zero-order valence-electron chi connectivity index (χ0n) is 16.7. The Morgan fingerprint density at radius 1 is 1.19 bits per heavy atom. The lowest BCUT2D eigenvalue weighted by Crippen LogP contribution is -2.51.